The average molecular weight is 573 g/mol. The van der Waals surface area contributed by atoms with Crippen molar-refractivity contribution in [1.29, 1.82) is 5.26 Å². The van der Waals surface area contributed by atoms with E-state index in [1.165, 1.54) is 39.0 Å². The fourth-order valence-corrected chi connectivity index (χ4v) is 7.53. The smallest absolute Gasteiger partial charge is 0.195 e. The Hall–Kier alpha value is -2.66. The van der Waals surface area contributed by atoms with E-state index in [1.54, 1.807) is 0 Å². The lowest BCUT2D eigenvalue weighted by atomic mass is 9.70. The van der Waals surface area contributed by atoms with E-state index in [0.717, 1.165) is 69.9 Å². The maximum absolute atomic E-state index is 13.8. The van der Waals surface area contributed by atoms with Crippen molar-refractivity contribution < 1.29 is 4.79 Å². The second kappa shape index (κ2) is 8.94. The first kappa shape index (κ1) is 24.4. The number of aromatic nitrogens is 1. The zero-order valence-corrected chi connectivity index (χ0v) is 23.8. The third-order valence-electron chi connectivity index (χ3n) is 9.52. The zero-order valence-electron chi connectivity index (χ0n) is 22.2. The third-order valence-corrected chi connectivity index (χ3v) is 10.0. The summed E-state index contributed by atoms with van der Waals surface area (Å²) in [6.07, 6.45) is 5.02. The number of ketones is 1. The molecule has 7 heteroatoms. The van der Waals surface area contributed by atoms with Crippen LogP contribution in [0.4, 0.5) is 5.69 Å². The summed E-state index contributed by atoms with van der Waals surface area (Å²) in [5.41, 5.74) is 5.53. The fraction of sp³-hybridized carbons (Fsp3) is 0.484. The van der Waals surface area contributed by atoms with Crippen molar-refractivity contribution in [2.24, 2.45) is 0 Å². The molecular weight excluding hydrogens is 538 g/mol. The van der Waals surface area contributed by atoms with Crippen LogP contribution in [0.25, 0.3) is 10.9 Å². The van der Waals surface area contributed by atoms with Crippen LogP contribution in [0, 0.1) is 11.3 Å². The van der Waals surface area contributed by atoms with Crippen molar-refractivity contribution in [2.75, 3.05) is 44.2 Å². The first-order chi connectivity index (χ1) is 18.3. The number of piperazine rings is 1. The number of hydrogen-bond donors (Lipinski definition) is 1. The van der Waals surface area contributed by atoms with E-state index in [2.05, 4.69) is 61.6 Å². The van der Waals surface area contributed by atoms with Crippen molar-refractivity contribution in [3.8, 4) is 6.07 Å². The van der Waals surface area contributed by atoms with Gasteiger partial charge in [-0.2, -0.15) is 5.26 Å². The van der Waals surface area contributed by atoms with E-state index < -0.39 is 0 Å². The highest BCUT2D eigenvalue weighted by Crippen LogP contribution is 2.46. The summed E-state index contributed by atoms with van der Waals surface area (Å²) >= 11 is 3.56. The van der Waals surface area contributed by atoms with E-state index in [0.29, 0.717) is 17.2 Å². The van der Waals surface area contributed by atoms with Crippen LogP contribution in [0.2, 0.25) is 0 Å². The lowest BCUT2D eigenvalue weighted by Gasteiger charge is -2.43. The highest BCUT2D eigenvalue weighted by Gasteiger charge is 2.41. The molecule has 0 bridgehead atoms. The number of H-pyrrole nitrogens is 1. The number of aromatic amines is 1. The number of nitrogens with zero attached hydrogens (tertiary/aromatic N) is 4. The Kier molecular flexibility index (Phi) is 5.74. The molecule has 1 N–H and O–H groups in total. The Morgan fingerprint density at radius 2 is 1.61 bits per heavy atom. The normalized spacial score (nSPS) is 22.4. The molecule has 3 heterocycles. The summed E-state index contributed by atoms with van der Waals surface area (Å²) in [6.45, 7) is 11.1. The second-order valence-corrected chi connectivity index (χ2v) is 13.0. The van der Waals surface area contributed by atoms with Gasteiger partial charge in [0, 0.05) is 83.4 Å². The molecule has 0 atom stereocenters. The highest BCUT2D eigenvalue weighted by molar-refractivity contribution is 9.10. The topological polar surface area (TPSA) is 66.4 Å². The third kappa shape index (κ3) is 3.84. The van der Waals surface area contributed by atoms with E-state index in [-0.39, 0.29) is 11.2 Å². The number of fused-ring (bicyclic) bond motifs is 4. The van der Waals surface area contributed by atoms with Crippen LogP contribution in [-0.2, 0) is 5.41 Å². The SMILES string of the molecule is CC1(C)c2cc(N3CCC(N4CCN(C5CC5)CC4)CC3)c(C#N)cc2C(=O)c2c1[nH]c1cc(Br)ccc21. The summed E-state index contributed by atoms with van der Waals surface area (Å²) in [5.74, 6) is 0.00926. The predicted molar refractivity (Wildman–Crippen MR) is 154 cm³/mol. The van der Waals surface area contributed by atoms with Gasteiger partial charge >= 0.3 is 0 Å². The maximum atomic E-state index is 13.8. The minimum absolute atomic E-state index is 0.00926. The highest BCUT2D eigenvalue weighted by atomic mass is 79.9. The summed E-state index contributed by atoms with van der Waals surface area (Å²) in [5, 5.41) is 11.1. The maximum Gasteiger partial charge on any atom is 0.195 e. The van der Waals surface area contributed by atoms with Gasteiger partial charge in [-0.3, -0.25) is 14.6 Å². The molecule has 38 heavy (non-hydrogen) atoms. The van der Waals surface area contributed by atoms with E-state index in [9.17, 15) is 10.1 Å². The Bertz CT molecular complexity index is 1480. The van der Waals surface area contributed by atoms with Crippen LogP contribution < -0.4 is 4.90 Å². The molecule has 2 aromatic carbocycles. The molecule has 0 unspecified atom stereocenters. The van der Waals surface area contributed by atoms with Crippen molar-refractivity contribution in [2.45, 2.75) is 57.0 Å². The Morgan fingerprint density at radius 1 is 0.947 bits per heavy atom. The first-order valence-corrected chi connectivity index (χ1v) is 14.8. The molecule has 0 amide bonds. The number of piperidine rings is 1. The van der Waals surface area contributed by atoms with E-state index >= 15 is 0 Å². The largest absolute Gasteiger partial charge is 0.370 e. The van der Waals surface area contributed by atoms with Gasteiger partial charge in [-0.15, -0.1) is 0 Å². The summed E-state index contributed by atoms with van der Waals surface area (Å²) in [7, 11) is 0. The Morgan fingerprint density at radius 3 is 2.24 bits per heavy atom. The molecule has 0 spiro atoms. The fourth-order valence-electron chi connectivity index (χ4n) is 7.17. The molecular formula is C31H34BrN5O. The molecule has 6 nitrogen and oxygen atoms in total. The van der Waals surface area contributed by atoms with E-state index in [1.807, 2.05) is 24.3 Å². The number of benzene rings is 2. The molecule has 0 radical (unpaired) electrons. The molecule has 2 aliphatic carbocycles. The van der Waals surface area contributed by atoms with Gasteiger partial charge < -0.3 is 9.88 Å². The number of nitriles is 1. The van der Waals surface area contributed by atoms with Crippen molar-refractivity contribution in [1.82, 2.24) is 14.8 Å². The van der Waals surface area contributed by atoms with Crippen LogP contribution >= 0.6 is 15.9 Å². The molecule has 3 fully saturated rings. The summed E-state index contributed by atoms with van der Waals surface area (Å²) < 4.78 is 0.980. The van der Waals surface area contributed by atoms with Gasteiger partial charge in [0.25, 0.3) is 0 Å². The van der Waals surface area contributed by atoms with E-state index in [4.69, 9.17) is 0 Å². The number of carbonyl (C=O) groups is 1. The van der Waals surface area contributed by atoms with Gasteiger partial charge in [-0.25, -0.2) is 0 Å². The van der Waals surface area contributed by atoms with Crippen molar-refractivity contribution in [3.63, 3.8) is 0 Å². The predicted octanol–water partition coefficient (Wildman–Crippen LogP) is 5.42. The van der Waals surface area contributed by atoms with Crippen molar-refractivity contribution >= 4 is 38.3 Å². The van der Waals surface area contributed by atoms with Gasteiger partial charge in [-0.1, -0.05) is 35.8 Å². The number of carbonyl (C=O) groups excluding carboxylic acids is 1. The van der Waals surface area contributed by atoms with Crippen LogP contribution in [-0.4, -0.2) is 71.9 Å². The molecule has 2 aliphatic heterocycles. The van der Waals surface area contributed by atoms with Crippen LogP contribution in [0.3, 0.4) is 0 Å². The van der Waals surface area contributed by atoms with Crippen LogP contribution in [0.1, 0.15) is 72.3 Å². The summed E-state index contributed by atoms with van der Waals surface area (Å²) in [6, 6.07) is 13.9. The zero-order chi connectivity index (χ0) is 26.2. The molecule has 1 saturated carbocycles. The minimum atomic E-state index is -0.383. The lowest BCUT2D eigenvalue weighted by Crippen LogP contribution is -2.53. The van der Waals surface area contributed by atoms with Gasteiger partial charge in [0.05, 0.1) is 16.8 Å². The molecule has 4 aliphatic rings. The van der Waals surface area contributed by atoms with Crippen LogP contribution in [0.5, 0.6) is 0 Å². The number of nitrogens with one attached hydrogen (secondary N) is 1. The second-order valence-electron chi connectivity index (χ2n) is 12.1. The summed E-state index contributed by atoms with van der Waals surface area (Å²) in [4.78, 5) is 25.2. The quantitative estimate of drug-likeness (QED) is 0.454. The molecule has 196 valence electrons. The number of hydrogen-bond acceptors (Lipinski definition) is 5. The monoisotopic (exact) mass is 571 g/mol. The van der Waals surface area contributed by atoms with Gasteiger partial charge in [0.15, 0.2) is 5.78 Å². The van der Waals surface area contributed by atoms with Crippen molar-refractivity contribution in [3.05, 3.63) is 62.8 Å². The minimum Gasteiger partial charge on any atom is -0.370 e. The molecule has 3 aromatic rings. The Balaban J connectivity index is 1.16. The molecule has 7 rings (SSSR count). The number of halogens is 1. The van der Waals surface area contributed by atoms with Gasteiger partial charge in [-0.05, 0) is 55.5 Å². The van der Waals surface area contributed by atoms with Crippen LogP contribution in [0.15, 0.2) is 34.8 Å². The lowest BCUT2D eigenvalue weighted by molar-refractivity contribution is 0.0809. The number of rotatable bonds is 3. The standard InChI is InChI=1S/C31H34BrN5O/c1-31(2)25-17-27(37-9-7-22(8-10-37)36-13-11-35(12-14-36)21-4-5-21)19(18-33)15-24(25)29(38)28-23-6-3-20(32)16-26(23)34-30(28)31/h3,6,15-17,21-22,34H,4-5,7-14H2,1-2H3. The van der Waals surface area contributed by atoms with Gasteiger partial charge in [0.1, 0.15) is 6.07 Å². The number of anilines is 1. The average Bonchev–Trinajstić information content (AvgIpc) is 3.71. The Labute approximate surface area is 232 Å². The molecule has 2 saturated heterocycles. The molecule has 1 aromatic heterocycles. The first-order valence-electron chi connectivity index (χ1n) is 14.0. The van der Waals surface area contributed by atoms with Gasteiger partial charge in [0.2, 0.25) is 0 Å².